The van der Waals surface area contributed by atoms with Crippen LogP contribution in [-0.4, -0.2) is 49.3 Å². The fourth-order valence-corrected chi connectivity index (χ4v) is 9.05. The van der Waals surface area contributed by atoms with Crippen LogP contribution in [0.5, 0.6) is 0 Å². The van der Waals surface area contributed by atoms with Crippen molar-refractivity contribution in [3.8, 4) is 0 Å². The summed E-state index contributed by atoms with van der Waals surface area (Å²) in [6.07, 6.45) is 92.0. The van der Waals surface area contributed by atoms with E-state index in [4.69, 9.17) is 24.3 Å². The van der Waals surface area contributed by atoms with Crippen LogP contribution in [-0.2, 0) is 32.7 Å². The number of rotatable bonds is 58. The quantitative estimate of drug-likeness (QED) is 0.0264. The maximum absolute atomic E-state index is 12.7. The summed E-state index contributed by atoms with van der Waals surface area (Å²) in [6.45, 7) is 3.60. The Morgan fingerprint density at radius 2 is 0.688 bits per heavy atom. The average molecular weight is 1130 g/mol. The molecule has 0 aliphatic rings. The zero-order valence-corrected chi connectivity index (χ0v) is 51.6. The molecule has 0 aliphatic heterocycles. The molecule has 0 fully saturated rings. The van der Waals surface area contributed by atoms with Crippen molar-refractivity contribution in [1.29, 1.82) is 0 Å². The molecular weight excluding hydrogens is 1010 g/mol. The van der Waals surface area contributed by atoms with Gasteiger partial charge in [0.2, 0.25) is 0 Å². The van der Waals surface area contributed by atoms with Crippen molar-refractivity contribution < 1.29 is 37.6 Å². The summed E-state index contributed by atoms with van der Waals surface area (Å²) in [7, 11) is -4.40. The molecular formula is C70H116NO8P. The van der Waals surface area contributed by atoms with Gasteiger partial charge in [-0.25, -0.2) is 4.57 Å². The van der Waals surface area contributed by atoms with Crippen molar-refractivity contribution in [2.24, 2.45) is 5.73 Å². The molecule has 0 radical (unpaired) electrons. The van der Waals surface area contributed by atoms with Gasteiger partial charge in [-0.2, -0.15) is 0 Å². The number of hydrogen-bond acceptors (Lipinski definition) is 8. The van der Waals surface area contributed by atoms with Crippen molar-refractivity contribution >= 4 is 19.8 Å². The predicted octanol–water partition coefficient (Wildman–Crippen LogP) is 20.7. The molecule has 3 N–H and O–H groups in total. The number of esters is 2. The molecule has 0 spiro atoms. The monoisotopic (exact) mass is 1130 g/mol. The summed E-state index contributed by atoms with van der Waals surface area (Å²) in [5.74, 6) is -0.851. The molecule has 0 aromatic rings. The third-order valence-electron chi connectivity index (χ3n) is 13.0. The smallest absolute Gasteiger partial charge is 0.462 e. The minimum absolute atomic E-state index is 0.0444. The molecule has 9 nitrogen and oxygen atoms in total. The van der Waals surface area contributed by atoms with E-state index in [1.165, 1.54) is 83.5 Å². The molecule has 0 aromatic carbocycles. The van der Waals surface area contributed by atoms with Crippen LogP contribution >= 0.6 is 7.82 Å². The lowest BCUT2D eigenvalue weighted by Crippen LogP contribution is -2.29. The molecule has 2 unspecified atom stereocenters. The third kappa shape index (κ3) is 63.1. The highest BCUT2D eigenvalue weighted by atomic mass is 31.2. The lowest BCUT2D eigenvalue weighted by Gasteiger charge is -2.19. The molecule has 0 rings (SSSR count). The molecule has 0 saturated carbocycles. The first kappa shape index (κ1) is 75.9. The Labute approximate surface area is 490 Å². The van der Waals surface area contributed by atoms with Crippen LogP contribution in [0.3, 0.4) is 0 Å². The van der Waals surface area contributed by atoms with Gasteiger partial charge in [-0.05, 0) is 122 Å². The largest absolute Gasteiger partial charge is 0.472 e. The molecule has 454 valence electrons. The SMILES string of the molecule is CC/C=C\C/C=C\C/C=C\C/C=C\C/C=C\C/C=C\C/C=C\C/C=C\C/C=C\C/C=C\C/C=C\CCCCCCCCCC(=O)OC(COC(=O)CCCCCCCCC/C=C\CCCCCCCCC)COP(=O)(O)OCCN. The summed E-state index contributed by atoms with van der Waals surface area (Å²) in [5, 5.41) is 0. The van der Waals surface area contributed by atoms with Crippen LogP contribution in [0, 0.1) is 0 Å². The Bertz CT molecular complexity index is 1820. The van der Waals surface area contributed by atoms with E-state index in [0.29, 0.717) is 6.42 Å². The Morgan fingerprint density at radius 1 is 0.388 bits per heavy atom. The predicted molar refractivity (Wildman–Crippen MR) is 343 cm³/mol. The van der Waals surface area contributed by atoms with Gasteiger partial charge >= 0.3 is 19.8 Å². The van der Waals surface area contributed by atoms with Crippen molar-refractivity contribution in [1.82, 2.24) is 0 Å². The van der Waals surface area contributed by atoms with Crippen molar-refractivity contribution in [2.45, 2.75) is 258 Å². The first-order valence-corrected chi connectivity index (χ1v) is 33.3. The number of ether oxygens (including phenoxy) is 2. The third-order valence-corrected chi connectivity index (χ3v) is 13.9. The second-order valence-corrected chi connectivity index (χ2v) is 22.0. The zero-order valence-electron chi connectivity index (χ0n) is 50.8. The van der Waals surface area contributed by atoms with E-state index in [2.05, 4.69) is 160 Å². The van der Waals surface area contributed by atoms with Gasteiger partial charge in [-0.15, -0.1) is 0 Å². The van der Waals surface area contributed by atoms with E-state index < -0.39 is 32.5 Å². The van der Waals surface area contributed by atoms with Gasteiger partial charge in [0.05, 0.1) is 13.2 Å². The van der Waals surface area contributed by atoms with E-state index in [-0.39, 0.29) is 32.6 Å². The molecule has 0 amide bonds. The number of nitrogens with two attached hydrogens (primary N) is 1. The van der Waals surface area contributed by atoms with Crippen molar-refractivity contribution in [3.63, 3.8) is 0 Å². The van der Waals surface area contributed by atoms with Gasteiger partial charge in [0.25, 0.3) is 0 Å². The Hall–Kier alpha value is -4.11. The van der Waals surface area contributed by atoms with Crippen LogP contribution in [0.2, 0.25) is 0 Å². The van der Waals surface area contributed by atoms with Gasteiger partial charge in [-0.1, -0.05) is 262 Å². The van der Waals surface area contributed by atoms with E-state index in [9.17, 15) is 19.0 Å². The summed E-state index contributed by atoms with van der Waals surface area (Å²) in [4.78, 5) is 35.2. The number of phosphoric ester groups is 1. The first-order chi connectivity index (χ1) is 39.3. The second-order valence-electron chi connectivity index (χ2n) is 20.5. The van der Waals surface area contributed by atoms with Crippen LogP contribution < -0.4 is 5.73 Å². The summed E-state index contributed by atoms with van der Waals surface area (Å²) in [6, 6.07) is 0. The van der Waals surface area contributed by atoms with Crippen LogP contribution in [0.15, 0.2) is 146 Å². The summed E-state index contributed by atoms with van der Waals surface area (Å²) >= 11 is 0. The molecule has 10 heteroatoms. The number of carbonyl (C=O) groups excluding carboxylic acids is 2. The van der Waals surface area contributed by atoms with Crippen LogP contribution in [0.25, 0.3) is 0 Å². The van der Waals surface area contributed by atoms with E-state index in [1.807, 2.05) is 0 Å². The molecule has 2 atom stereocenters. The van der Waals surface area contributed by atoms with E-state index in [1.54, 1.807) is 0 Å². The molecule has 0 saturated heterocycles. The maximum Gasteiger partial charge on any atom is 0.472 e. The van der Waals surface area contributed by atoms with E-state index in [0.717, 1.165) is 135 Å². The highest BCUT2D eigenvalue weighted by Gasteiger charge is 2.26. The summed E-state index contributed by atoms with van der Waals surface area (Å²) < 4.78 is 33.0. The fraction of sp³-hybridized carbons (Fsp3) is 0.629. The maximum atomic E-state index is 12.7. The Morgan fingerprint density at radius 3 is 1.04 bits per heavy atom. The Balaban J connectivity index is 4.01. The molecule has 0 aromatic heterocycles. The summed E-state index contributed by atoms with van der Waals surface area (Å²) in [5.41, 5.74) is 5.38. The van der Waals surface area contributed by atoms with Crippen LogP contribution in [0.1, 0.15) is 251 Å². The highest BCUT2D eigenvalue weighted by molar-refractivity contribution is 7.47. The van der Waals surface area contributed by atoms with Gasteiger partial charge in [-0.3, -0.25) is 18.6 Å². The van der Waals surface area contributed by atoms with Crippen LogP contribution in [0.4, 0.5) is 0 Å². The normalized spacial score (nSPS) is 14.0. The van der Waals surface area contributed by atoms with Gasteiger partial charge < -0.3 is 20.1 Å². The zero-order chi connectivity index (χ0) is 58.0. The fourth-order valence-electron chi connectivity index (χ4n) is 8.28. The standard InChI is InChI=1S/C70H116NO8P/c1-3-5-7-9-11-13-15-17-19-21-23-24-25-26-27-28-29-30-31-32-33-34-35-36-37-38-39-40-41-42-43-44-45-47-49-51-53-55-57-59-61-63-70(73)79-68(67-78-80(74,75)77-65-64-71)66-76-69(72)62-60-58-56-54-52-50-48-46-22-20-18-16-14-12-10-8-6-4-2/h5,7,11,13,17,19-20,22-24,26-27,29-30,32-33,35-36,38-39,41-42,44-45,68H,3-4,6,8-10,12,14-16,18,21,25,28,31,34,37,40,43,46-67,71H2,1-2H3,(H,74,75)/b7-5-,13-11-,19-17-,22-20-,24-23-,27-26-,30-29-,33-32-,36-35-,39-38-,42-41-,45-44-. The van der Waals surface area contributed by atoms with E-state index >= 15 is 0 Å². The number of carbonyl (C=O) groups is 2. The Kier molecular flexibility index (Phi) is 60.8. The lowest BCUT2D eigenvalue weighted by atomic mass is 10.1. The van der Waals surface area contributed by atoms with Gasteiger partial charge in [0, 0.05) is 19.4 Å². The highest BCUT2D eigenvalue weighted by Crippen LogP contribution is 2.43. The topological polar surface area (TPSA) is 134 Å². The minimum Gasteiger partial charge on any atom is -0.462 e. The number of hydrogen-bond donors (Lipinski definition) is 2. The molecule has 0 heterocycles. The lowest BCUT2D eigenvalue weighted by molar-refractivity contribution is -0.161. The first-order valence-electron chi connectivity index (χ1n) is 31.8. The van der Waals surface area contributed by atoms with Gasteiger partial charge in [0.1, 0.15) is 6.61 Å². The number of phosphoric acid groups is 1. The minimum atomic E-state index is -4.40. The number of unbranched alkanes of at least 4 members (excludes halogenated alkanes) is 21. The molecule has 80 heavy (non-hydrogen) atoms. The number of allylic oxidation sites excluding steroid dienone is 24. The van der Waals surface area contributed by atoms with Gasteiger partial charge in [0.15, 0.2) is 6.10 Å². The molecule has 0 bridgehead atoms. The van der Waals surface area contributed by atoms with Crippen molar-refractivity contribution in [2.75, 3.05) is 26.4 Å². The van der Waals surface area contributed by atoms with Crippen molar-refractivity contribution in [3.05, 3.63) is 146 Å². The second kappa shape index (κ2) is 64.1. The average Bonchev–Trinajstić information content (AvgIpc) is 3.45. The molecule has 0 aliphatic carbocycles.